The average molecular weight is 318 g/mol. The molecule has 2 atom stereocenters. The van der Waals surface area contributed by atoms with Crippen LogP contribution in [0.3, 0.4) is 0 Å². The molecule has 1 aromatic carbocycles. The number of carbonyl (C=O) groups excluding carboxylic acids is 2. The fourth-order valence-corrected chi connectivity index (χ4v) is 2.93. The Bertz CT molecular complexity index is 614. The van der Waals surface area contributed by atoms with Crippen molar-refractivity contribution < 1.29 is 19.5 Å². The number of rotatable bonds is 6. The molecular formula is C17H22N2O4. The molecule has 0 saturated carbocycles. The summed E-state index contributed by atoms with van der Waals surface area (Å²) in [6.45, 7) is 4.74. The van der Waals surface area contributed by atoms with E-state index in [9.17, 15) is 14.4 Å². The second-order valence-corrected chi connectivity index (χ2v) is 5.85. The summed E-state index contributed by atoms with van der Waals surface area (Å²) in [5, 5.41) is 11.9. The maximum atomic E-state index is 12.4. The van der Waals surface area contributed by atoms with Crippen LogP contribution in [0.4, 0.5) is 0 Å². The van der Waals surface area contributed by atoms with Crippen molar-refractivity contribution in [3.05, 3.63) is 35.4 Å². The van der Waals surface area contributed by atoms with Gasteiger partial charge in [0, 0.05) is 19.5 Å². The zero-order valence-corrected chi connectivity index (χ0v) is 13.4. The molecule has 1 aliphatic rings. The minimum atomic E-state index is -0.976. The Balaban J connectivity index is 2.12. The maximum Gasteiger partial charge on any atom is 0.305 e. The average Bonchev–Trinajstić information content (AvgIpc) is 2.88. The first-order chi connectivity index (χ1) is 10.9. The second-order valence-electron chi connectivity index (χ2n) is 5.85. The molecule has 2 rings (SSSR count). The number of likely N-dealkylation sites (tertiary alicyclic amines) is 1. The Morgan fingerprint density at radius 2 is 2.09 bits per heavy atom. The molecule has 0 bridgehead atoms. The Labute approximate surface area is 135 Å². The van der Waals surface area contributed by atoms with Crippen LogP contribution in [-0.2, 0) is 14.4 Å². The van der Waals surface area contributed by atoms with Crippen molar-refractivity contribution in [1.82, 2.24) is 10.2 Å². The highest BCUT2D eigenvalue weighted by atomic mass is 16.4. The van der Waals surface area contributed by atoms with Gasteiger partial charge in [-0.1, -0.05) is 24.3 Å². The van der Waals surface area contributed by atoms with Gasteiger partial charge in [-0.05, 0) is 25.0 Å². The van der Waals surface area contributed by atoms with Crippen LogP contribution in [0, 0.1) is 12.8 Å². The van der Waals surface area contributed by atoms with Crippen LogP contribution in [0.25, 0.3) is 0 Å². The summed E-state index contributed by atoms with van der Waals surface area (Å²) in [6.07, 6.45) is 0.00197. The van der Waals surface area contributed by atoms with Crippen LogP contribution in [-0.4, -0.2) is 40.9 Å². The topological polar surface area (TPSA) is 86.7 Å². The van der Waals surface area contributed by atoms with Gasteiger partial charge in [0.25, 0.3) is 0 Å². The lowest BCUT2D eigenvalue weighted by molar-refractivity contribution is -0.138. The summed E-state index contributed by atoms with van der Waals surface area (Å²) in [5.41, 5.74) is 1.72. The smallest absolute Gasteiger partial charge is 0.305 e. The molecule has 2 N–H and O–H groups in total. The number of carboxylic acids is 1. The van der Waals surface area contributed by atoms with Gasteiger partial charge in [0.2, 0.25) is 11.8 Å². The molecule has 1 aliphatic heterocycles. The Morgan fingerprint density at radius 3 is 2.65 bits per heavy atom. The molecule has 6 nitrogen and oxygen atoms in total. The fraction of sp³-hybridized carbons (Fsp3) is 0.471. The summed E-state index contributed by atoms with van der Waals surface area (Å²) in [6, 6.07) is 6.80. The first-order valence-electron chi connectivity index (χ1n) is 7.77. The predicted molar refractivity (Wildman–Crippen MR) is 84.7 cm³/mol. The van der Waals surface area contributed by atoms with Crippen molar-refractivity contribution in [2.75, 3.05) is 13.1 Å². The normalized spacial score (nSPS) is 18.8. The lowest BCUT2D eigenvalue weighted by atomic mass is 9.97. The minimum Gasteiger partial charge on any atom is -0.481 e. The lowest BCUT2D eigenvalue weighted by Gasteiger charge is -2.21. The summed E-state index contributed by atoms with van der Waals surface area (Å²) >= 11 is 0. The number of carbonyl (C=O) groups is 3. The van der Waals surface area contributed by atoms with Gasteiger partial charge >= 0.3 is 5.97 Å². The largest absolute Gasteiger partial charge is 0.481 e. The number of aliphatic carboxylic acids is 1. The lowest BCUT2D eigenvalue weighted by Crippen LogP contribution is -2.36. The summed E-state index contributed by atoms with van der Waals surface area (Å²) in [4.78, 5) is 37.0. The number of hydrogen-bond acceptors (Lipinski definition) is 3. The Hall–Kier alpha value is -2.37. The molecule has 1 saturated heterocycles. The van der Waals surface area contributed by atoms with Crippen LogP contribution < -0.4 is 5.32 Å². The van der Waals surface area contributed by atoms with E-state index in [-0.39, 0.29) is 24.7 Å². The van der Waals surface area contributed by atoms with E-state index in [1.54, 1.807) is 4.90 Å². The number of hydrogen-bond donors (Lipinski definition) is 2. The quantitative estimate of drug-likeness (QED) is 0.832. The molecule has 6 heteroatoms. The summed E-state index contributed by atoms with van der Waals surface area (Å²) < 4.78 is 0. The molecule has 124 valence electrons. The van der Waals surface area contributed by atoms with Gasteiger partial charge < -0.3 is 15.3 Å². The van der Waals surface area contributed by atoms with E-state index in [0.717, 1.165) is 11.1 Å². The van der Waals surface area contributed by atoms with Crippen molar-refractivity contribution in [2.24, 2.45) is 5.92 Å². The summed E-state index contributed by atoms with van der Waals surface area (Å²) in [7, 11) is 0. The van der Waals surface area contributed by atoms with Crippen molar-refractivity contribution in [2.45, 2.75) is 32.7 Å². The third-order valence-electron chi connectivity index (χ3n) is 4.23. The highest BCUT2D eigenvalue weighted by molar-refractivity contribution is 5.89. The zero-order valence-electron chi connectivity index (χ0n) is 13.4. The number of aryl methyl sites for hydroxylation is 1. The molecule has 2 unspecified atom stereocenters. The number of amides is 2. The van der Waals surface area contributed by atoms with E-state index in [2.05, 4.69) is 5.32 Å². The molecule has 1 fully saturated rings. The van der Waals surface area contributed by atoms with Crippen LogP contribution >= 0.6 is 0 Å². The molecule has 1 aromatic rings. The second kappa shape index (κ2) is 7.26. The monoisotopic (exact) mass is 318 g/mol. The maximum absolute atomic E-state index is 12.4. The van der Waals surface area contributed by atoms with Crippen molar-refractivity contribution in [3.63, 3.8) is 0 Å². The standard InChI is InChI=1S/C17H22N2O4/c1-3-19-10-12(8-15(19)20)17(23)18-14(9-16(21)22)13-7-5-4-6-11(13)2/h4-7,12,14H,3,8-10H2,1-2H3,(H,18,23)(H,21,22). The van der Waals surface area contributed by atoms with E-state index >= 15 is 0 Å². The van der Waals surface area contributed by atoms with Gasteiger partial charge in [0.05, 0.1) is 18.4 Å². The molecule has 0 aliphatic carbocycles. The van der Waals surface area contributed by atoms with Crippen LogP contribution in [0.1, 0.15) is 36.9 Å². The molecule has 0 spiro atoms. The molecular weight excluding hydrogens is 296 g/mol. The van der Waals surface area contributed by atoms with Gasteiger partial charge in [0.1, 0.15) is 0 Å². The van der Waals surface area contributed by atoms with Gasteiger partial charge in [-0.3, -0.25) is 14.4 Å². The van der Waals surface area contributed by atoms with Crippen molar-refractivity contribution >= 4 is 17.8 Å². The highest BCUT2D eigenvalue weighted by Gasteiger charge is 2.34. The van der Waals surface area contributed by atoms with E-state index in [4.69, 9.17) is 5.11 Å². The molecule has 0 aromatic heterocycles. The first kappa shape index (κ1) is 17.0. The number of carboxylic acid groups (broad SMARTS) is 1. The molecule has 2 amide bonds. The molecule has 23 heavy (non-hydrogen) atoms. The summed E-state index contributed by atoms with van der Waals surface area (Å²) in [5.74, 6) is -1.68. The van der Waals surface area contributed by atoms with E-state index in [1.807, 2.05) is 38.1 Å². The first-order valence-corrected chi connectivity index (χ1v) is 7.77. The van der Waals surface area contributed by atoms with E-state index in [1.165, 1.54) is 0 Å². The number of nitrogens with zero attached hydrogens (tertiary/aromatic N) is 1. The zero-order chi connectivity index (χ0) is 17.0. The Morgan fingerprint density at radius 1 is 1.39 bits per heavy atom. The fourth-order valence-electron chi connectivity index (χ4n) is 2.93. The number of benzene rings is 1. The van der Waals surface area contributed by atoms with Gasteiger partial charge in [0.15, 0.2) is 0 Å². The van der Waals surface area contributed by atoms with Crippen LogP contribution in [0.2, 0.25) is 0 Å². The van der Waals surface area contributed by atoms with E-state index in [0.29, 0.717) is 13.1 Å². The van der Waals surface area contributed by atoms with Gasteiger partial charge in [-0.25, -0.2) is 0 Å². The Kier molecular flexibility index (Phi) is 5.36. The number of nitrogens with one attached hydrogen (secondary N) is 1. The van der Waals surface area contributed by atoms with Gasteiger partial charge in [-0.2, -0.15) is 0 Å². The van der Waals surface area contributed by atoms with Crippen molar-refractivity contribution in [1.29, 1.82) is 0 Å². The van der Waals surface area contributed by atoms with Crippen LogP contribution in [0.5, 0.6) is 0 Å². The third kappa shape index (κ3) is 4.09. The predicted octanol–water partition coefficient (Wildman–Crippen LogP) is 1.50. The SMILES string of the molecule is CCN1CC(C(=O)NC(CC(=O)O)c2ccccc2C)CC1=O. The van der Waals surface area contributed by atoms with Crippen LogP contribution in [0.15, 0.2) is 24.3 Å². The van der Waals surface area contributed by atoms with Gasteiger partial charge in [-0.15, -0.1) is 0 Å². The molecule has 1 heterocycles. The third-order valence-corrected chi connectivity index (χ3v) is 4.23. The highest BCUT2D eigenvalue weighted by Crippen LogP contribution is 2.23. The van der Waals surface area contributed by atoms with Crippen molar-refractivity contribution in [3.8, 4) is 0 Å². The molecule has 0 radical (unpaired) electrons. The minimum absolute atomic E-state index is 0.0293. The van der Waals surface area contributed by atoms with E-state index < -0.39 is 17.9 Å².